The highest BCUT2D eigenvalue weighted by Crippen LogP contribution is 2.34. The van der Waals surface area contributed by atoms with Gasteiger partial charge in [-0.3, -0.25) is 9.69 Å². The Morgan fingerprint density at radius 1 is 1.24 bits per heavy atom. The fourth-order valence-electron chi connectivity index (χ4n) is 3.28. The monoisotopic (exact) mass is 346 g/mol. The summed E-state index contributed by atoms with van der Waals surface area (Å²) in [5.74, 6) is 2.53. The lowest BCUT2D eigenvalue weighted by molar-refractivity contribution is -0.122. The van der Waals surface area contributed by atoms with E-state index in [9.17, 15) is 4.79 Å². The van der Waals surface area contributed by atoms with Gasteiger partial charge in [0.2, 0.25) is 5.91 Å². The van der Waals surface area contributed by atoms with Crippen LogP contribution in [0.1, 0.15) is 44.6 Å². The molecular formula is C20H30N2O3. The van der Waals surface area contributed by atoms with E-state index in [-0.39, 0.29) is 5.91 Å². The third-order valence-corrected chi connectivity index (χ3v) is 4.72. The molecule has 1 saturated carbocycles. The van der Waals surface area contributed by atoms with Crippen LogP contribution in [0.15, 0.2) is 18.2 Å². The number of fused-ring (bicyclic) bond motifs is 1. The van der Waals surface area contributed by atoms with E-state index < -0.39 is 0 Å². The van der Waals surface area contributed by atoms with Crippen LogP contribution in [0.25, 0.3) is 0 Å². The molecule has 5 heteroatoms. The third kappa shape index (κ3) is 5.63. The quantitative estimate of drug-likeness (QED) is 0.911. The van der Waals surface area contributed by atoms with E-state index >= 15 is 0 Å². The fourth-order valence-corrected chi connectivity index (χ4v) is 3.28. The Morgan fingerprint density at radius 3 is 2.92 bits per heavy atom. The molecule has 1 aliphatic carbocycles. The molecule has 1 amide bonds. The zero-order chi connectivity index (χ0) is 17.5. The first-order valence-electron chi connectivity index (χ1n) is 9.62. The number of carbonyl (C=O) groups is 1. The lowest BCUT2D eigenvalue weighted by Crippen LogP contribution is -2.38. The van der Waals surface area contributed by atoms with Gasteiger partial charge >= 0.3 is 0 Å². The second kappa shape index (κ2) is 9.09. The first kappa shape index (κ1) is 18.1. The number of nitrogens with one attached hydrogen (secondary N) is 1. The summed E-state index contributed by atoms with van der Waals surface area (Å²) in [5, 5.41) is 3.05. The van der Waals surface area contributed by atoms with Crippen molar-refractivity contribution in [2.75, 3.05) is 32.8 Å². The summed E-state index contributed by atoms with van der Waals surface area (Å²) >= 11 is 0. The van der Waals surface area contributed by atoms with Crippen LogP contribution in [0, 0.1) is 5.92 Å². The Kier molecular flexibility index (Phi) is 6.56. The van der Waals surface area contributed by atoms with Gasteiger partial charge in [0.25, 0.3) is 0 Å². The minimum Gasteiger partial charge on any atom is -0.490 e. The lowest BCUT2D eigenvalue weighted by Gasteiger charge is -2.24. The fraction of sp³-hybridized carbons (Fsp3) is 0.650. The van der Waals surface area contributed by atoms with Crippen LogP contribution < -0.4 is 14.8 Å². The summed E-state index contributed by atoms with van der Waals surface area (Å²) in [6.45, 7) is 6.21. The average Bonchev–Trinajstić information content (AvgIpc) is 3.39. The summed E-state index contributed by atoms with van der Waals surface area (Å²) in [7, 11) is 0. The number of carbonyl (C=O) groups excluding carboxylic acids is 1. The summed E-state index contributed by atoms with van der Waals surface area (Å²) in [4.78, 5) is 14.5. The first-order chi connectivity index (χ1) is 12.3. The summed E-state index contributed by atoms with van der Waals surface area (Å²) in [6, 6.07) is 6.08. The van der Waals surface area contributed by atoms with E-state index in [4.69, 9.17) is 9.47 Å². The molecule has 5 nitrogen and oxygen atoms in total. The predicted molar refractivity (Wildman–Crippen MR) is 98.0 cm³/mol. The van der Waals surface area contributed by atoms with Crippen molar-refractivity contribution >= 4 is 5.91 Å². The van der Waals surface area contributed by atoms with E-state index in [0.29, 0.717) is 19.8 Å². The van der Waals surface area contributed by atoms with Crippen LogP contribution in [0.4, 0.5) is 0 Å². The molecule has 0 spiro atoms. The molecule has 2 aliphatic rings. The number of nitrogens with zero attached hydrogens (tertiary/aromatic N) is 1. The summed E-state index contributed by atoms with van der Waals surface area (Å²) < 4.78 is 11.9. The van der Waals surface area contributed by atoms with E-state index in [1.54, 1.807) is 0 Å². The first-order valence-corrected chi connectivity index (χ1v) is 9.62. The van der Waals surface area contributed by atoms with Crippen LogP contribution >= 0.6 is 0 Å². The van der Waals surface area contributed by atoms with Crippen molar-refractivity contribution in [1.82, 2.24) is 10.2 Å². The molecule has 1 heterocycles. The van der Waals surface area contributed by atoms with Gasteiger partial charge in [-0.1, -0.05) is 12.1 Å². The van der Waals surface area contributed by atoms with Gasteiger partial charge in [-0.25, -0.2) is 0 Å². The van der Waals surface area contributed by atoms with E-state index in [0.717, 1.165) is 61.9 Å². The highest BCUT2D eigenvalue weighted by atomic mass is 16.5. The standard InChI is InChI=1S/C20H30N2O3/c1-2-24-18-8-6-7-17-14-22(13-16-9-10-16)15-19(23)21-11-4-3-5-12-25-20(17)18/h6-8,16H,2-5,9-15H2,1H3,(H,21,23). The number of hydrogen-bond acceptors (Lipinski definition) is 4. The van der Waals surface area contributed by atoms with Crippen LogP contribution in [0.2, 0.25) is 0 Å². The summed E-state index contributed by atoms with van der Waals surface area (Å²) in [6.07, 6.45) is 5.60. The number of amides is 1. The van der Waals surface area contributed by atoms with Crippen molar-refractivity contribution in [3.63, 3.8) is 0 Å². The average molecular weight is 346 g/mol. The summed E-state index contributed by atoms with van der Waals surface area (Å²) in [5.41, 5.74) is 1.11. The largest absolute Gasteiger partial charge is 0.490 e. The van der Waals surface area contributed by atoms with Gasteiger partial charge in [0.15, 0.2) is 11.5 Å². The van der Waals surface area contributed by atoms with Crippen molar-refractivity contribution in [2.45, 2.75) is 45.6 Å². The van der Waals surface area contributed by atoms with E-state index in [1.165, 1.54) is 12.8 Å². The van der Waals surface area contributed by atoms with E-state index in [1.807, 2.05) is 19.1 Å². The highest BCUT2D eigenvalue weighted by molar-refractivity contribution is 5.78. The lowest BCUT2D eigenvalue weighted by atomic mass is 10.1. The van der Waals surface area contributed by atoms with Crippen molar-refractivity contribution in [3.8, 4) is 11.5 Å². The number of para-hydroxylation sites is 1. The SMILES string of the molecule is CCOc1cccc2c1OCCCCCNC(=O)CN(CC1CC1)C2. The molecule has 25 heavy (non-hydrogen) atoms. The van der Waals surface area contributed by atoms with Crippen LogP contribution in [-0.2, 0) is 11.3 Å². The Morgan fingerprint density at radius 2 is 2.12 bits per heavy atom. The molecular weight excluding hydrogens is 316 g/mol. The molecule has 1 aromatic rings. The maximum atomic E-state index is 12.3. The highest BCUT2D eigenvalue weighted by Gasteiger charge is 2.26. The zero-order valence-electron chi connectivity index (χ0n) is 15.3. The van der Waals surface area contributed by atoms with Gasteiger partial charge in [-0.2, -0.15) is 0 Å². The molecule has 1 aliphatic heterocycles. The molecule has 0 bridgehead atoms. The van der Waals surface area contributed by atoms with Crippen molar-refractivity contribution in [1.29, 1.82) is 0 Å². The molecule has 138 valence electrons. The van der Waals surface area contributed by atoms with Gasteiger partial charge < -0.3 is 14.8 Å². The van der Waals surface area contributed by atoms with Crippen LogP contribution in [-0.4, -0.2) is 43.7 Å². The minimum absolute atomic E-state index is 0.128. The van der Waals surface area contributed by atoms with E-state index in [2.05, 4.69) is 16.3 Å². The smallest absolute Gasteiger partial charge is 0.234 e. The molecule has 0 atom stereocenters. The molecule has 0 unspecified atom stereocenters. The molecule has 1 aromatic carbocycles. The second-order valence-corrected chi connectivity index (χ2v) is 7.05. The molecule has 1 fully saturated rings. The second-order valence-electron chi connectivity index (χ2n) is 7.05. The van der Waals surface area contributed by atoms with Gasteiger partial charge in [-0.05, 0) is 51.0 Å². The Bertz CT molecular complexity index is 572. The third-order valence-electron chi connectivity index (χ3n) is 4.72. The molecule has 0 radical (unpaired) electrons. The Balaban J connectivity index is 1.81. The number of ether oxygens (including phenoxy) is 2. The van der Waals surface area contributed by atoms with Gasteiger partial charge in [0, 0.05) is 25.2 Å². The van der Waals surface area contributed by atoms with Crippen LogP contribution in [0.5, 0.6) is 11.5 Å². The molecule has 3 rings (SSSR count). The molecule has 0 saturated heterocycles. The van der Waals surface area contributed by atoms with Crippen LogP contribution in [0.3, 0.4) is 0 Å². The maximum Gasteiger partial charge on any atom is 0.234 e. The molecule has 1 N–H and O–H groups in total. The topological polar surface area (TPSA) is 50.8 Å². The molecule has 0 aromatic heterocycles. The Hall–Kier alpha value is -1.75. The minimum atomic E-state index is 0.128. The van der Waals surface area contributed by atoms with Gasteiger partial charge in [0.05, 0.1) is 19.8 Å². The number of hydrogen-bond donors (Lipinski definition) is 1. The Labute approximate surface area is 150 Å². The maximum absolute atomic E-state index is 12.3. The van der Waals surface area contributed by atoms with Gasteiger partial charge in [-0.15, -0.1) is 0 Å². The normalized spacial score (nSPS) is 20.3. The number of rotatable bonds is 4. The van der Waals surface area contributed by atoms with Crippen molar-refractivity contribution in [2.24, 2.45) is 5.92 Å². The number of benzene rings is 1. The van der Waals surface area contributed by atoms with Crippen molar-refractivity contribution < 1.29 is 14.3 Å². The van der Waals surface area contributed by atoms with Crippen molar-refractivity contribution in [3.05, 3.63) is 23.8 Å². The zero-order valence-corrected chi connectivity index (χ0v) is 15.3. The van der Waals surface area contributed by atoms with Gasteiger partial charge in [0.1, 0.15) is 0 Å². The predicted octanol–water partition coefficient (Wildman–Crippen LogP) is 2.98.